The third-order valence-electron chi connectivity index (χ3n) is 9.61. The van der Waals surface area contributed by atoms with E-state index in [2.05, 4.69) is 21.5 Å². The highest BCUT2D eigenvalue weighted by atomic mass is 35.5. The van der Waals surface area contributed by atoms with Gasteiger partial charge in [-0.25, -0.2) is 13.1 Å². The average molecular weight is 655 g/mol. The third-order valence-corrected chi connectivity index (χ3v) is 11.8. The number of nitrogens with zero attached hydrogens (tertiary/aromatic N) is 1. The summed E-state index contributed by atoms with van der Waals surface area (Å²) >= 11 is 6.32. The molecule has 1 fully saturated rings. The number of amides is 1. The standard InChI is InChI=1S/C35H43ClN2O6S/c1-24-8-7-17-35(41,16-4-6-19-39)31-14-11-28(31)22-38-18-5-3-9-26-20-30(36)13-10-29(26)23-44-33-15-12-27(21-32(33)38)34(40)37-45(42,43)25(24)2/h7,10,12-13,15,17,20-21,24-25,28,31,39,41H,3,5-6,8-9,11,14,18-19,22-23H2,1-2H3,(H,37,40)/b17-7+/t24-,25+,28-,31+,35-/m0/s1. The van der Waals surface area contributed by atoms with Crippen molar-refractivity contribution in [2.45, 2.75) is 76.3 Å². The number of carbonyl (C=O) groups is 1. The van der Waals surface area contributed by atoms with Crippen LogP contribution in [-0.4, -0.2) is 55.1 Å². The second-order valence-corrected chi connectivity index (χ2v) is 15.1. The molecule has 2 aromatic carbocycles. The second-order valence-electron chi connectivity index (χ2n) is 12.6. The van der Waals surface area contributed by atoms with Gasteiger partial charge in [-0.1, -0.05) is 42.5 Å². The van der Waals surface area contributed by atoms with Crippen molar-refractivity contribution in [3.63, 3.8) is 0 Å². The van der Waals surface area contributed by atoms with Crippen LogP contribution < -0.4 is 14.4 Å². The molecule has 10 heteroatoms. The van der Waals surface area contributed by atoms with Crippen LogP contribution in [-0.2, 0) is 23.1 Å². The first kappa shape index (κ1) is 33.3. The van der Waals surface area contributed by atoms with Crippen LogP contribution in [0.4, 0.5) is 5.69 Å². The number of nitrogens with one attached hydrogen (secondary N) is 1. The lowest BCUT2D eigenvalue weighted by molar-refractivity contribution is -0.00299. The average Bonchev–Trinajstić information content (AvgIpc) is 3.01. The summed E-state index contributed by atoms with van der Waals surface area (Å²) < 4.78 is 35.3. The number of carbonyl (C=O) groups excluding carboxylic acids is 1. The fourth-order valence-corrected chi connectivity index (χ4v) is 7.97. The number of anilines is 1. The zero-order chi connectivity index (χ0) is 32.2. The molecule has 45 heavy (non-hydrogen) atoms. The number of halogens is 1. The minimum absolute atomic E-state index is 0.0953. The van der Waals surface area contributed by atoms with Crippen LogP contribution in [0.25, 0.3) is 0 Å². The van der Waals surface area contributed by atoms with Gasteiger partial charge in [0.25, 0.3) is 5.91 Å². The highest BCUT2D eigenvalue weighted by Gasteiger charge is 2.45. The first-order valence-corrected chi connectivity index (χ1v) is 17.8. The number of sulfonamides is 1. The maximum atomic E-state index is 13.4. The molecule has 0 saturated heterocycles. The van der Waals surface area contributed by atoms with E-state index >= 15 is 0 Å². The van der Waals surface area contributed by atoms with Gasteiger partial charge in [0, 0.05) is 36.0 Å². The minimum atomic E-state index is -4.00. The highest BCUT2D eigenvalue weighted by Crippen LogP contribution is 2.45. The Morgan fingerprint density at radius 2 is 1.96 bits per heavy atom. The Balaban J connectivity index is 1.58. The topological polar surface area (TPSA) is 116 Å². The number of allylic oxidation sites excluding steroid dienone is 1. The maximum absolute atomic E-state index is 13.4. The molecule has 8 nitrogen and oxygen atoms in total. The molecular weight excluding hydrogens is 612 g/mol. The van der Waals surface area contributed by atoms with Crippen molar-refractivity contribution in [1.29, 1.82) is 0 Å². The Labute approximate surface area is 271 Å². The van der Waals surface area contributed by atoms with Gasteiger partial charge < -0.3 is 19.8 Å². The fraction of sp³-hybridized carbons (Fsp3) is 0.514. The van der Waals surface area contributed by atoms with Crippen LogP contribution in [0.5, 0.6) is 5.75 Å². The summed E-state index contributed by atoms with van der Waals surface area (Å²) in [6, 6.07) is 10.9. The van der Waals surface area contributed by atoms with Gasteiger partial charge in [0.15, 0.2) is 0 Å². The van der Waals surface area contributed by atoms with Crippen LogP contribution in [0.2, 0.25) is 5.02 Å². The molecule has 3 aliphatic rings. The van der Waals surface area contributed by atoms with E-state index < -0.39 is 26.8 Å². The number of benzene rings is 2. The molecule has 3 N–H and O–H groups in total. The number of hydrogen-bond acceptors (Lipinski definition) is 7. The number of fused-ring (bicyclic) bond motifs is 3. The fourth-order valence-electron chi connectivity index (χ4n) is 6.49. The summed E-state index contributed by atoms with van der Waals surface area (Å²) in [6.07, 6.45) is 8.48. The predicted molar refractivity (Wildman–Crippen MR) is 177 cm³/mol. The summed E-state index contributed by atoms with van der Waals surface area (Å²) in [4.78, 5) is 15.6. The summed E-state index contributed by atoms with van der Waals surface area (Å²) in [5.41, 5.74) is 1.71. The van der Waals surface area contributed by atoms with Crippen LogP contribution in [0.15, 0.2) is 48.6 Å². The number of hydrogen-bond donors (Lipinski definition) is 3. The van der Waals surface area contributed by atoms with E-state index in [1.807, 2.05) is 25.1 Å². The maximum Gasteiger partial charge on any atom is 0.264 e. The minimum Gasteiger partial charge on any atom is -0.487 e. The van der Waals surface area contributed by atoms with Crippen LogP contribution >= 0.6 is 11.6 Å². The first-order valence-electron chi connectivity index (χ1n) is 15.9. The molecule has 5 atom stereocenters. The predicted octanol–water partition coefficient (Wildman–Crippen LogP) is 5.25. The molecule has 0 unspecified atom stereocenters. The Bertz CT molecular complexity index is 1600. The lowest BCUT2D eigenvalue weighted by Gasteiger charge is -2.46. The molecule has 1 aliphatic carbocycles. The molecule has 0 aromatic heterocycles. The van der Waals surface area contributed by atoms with Gasteiger partial charge in [-0.15, -0.1) is 0 Å². The zero-order valence-corrected chi connectivity index (χ0v) is 27.5. The zero-order valence-electron chi connectivity index (χ0n) is 26.0. The van der Waals surface area contributed by atoms with Gasteiger partial charge >= 0.3 is 0 Å². The van der Waals surface area contributed by atoms with Crippen molar-refractivity contribution >= 4 is 33.2 Å². The van der Waals surface area contributed by atoms with Gasteiger partial charge in [0.1, 0.15) is 18.0 Å². The van der Waals surface area contributed by atoms with Gasteiger partial charge in [-0.3, -0.25) is 4.79 Å². The molecule has 242 valence electrons. The molecule has 5 rings (SSSR count). The van der Waals surface area contributed by atoms with Crippen molar-refractivity contribution in [3.8, 4) is 17.6 Å². The van der Waals surface area contributed by atoms with Crippen molar-refractivity contribution < 1.29 is 28.2 Å². The third kappa shape index (κ3) is 7.69. The normalized spacial score (nSPS) is 29.2. The summed E-state index contributed by atoms with van der Waals surface area (Å²) in [5.74, 6) is 5.52. The molecule has 2 heterocycles. The van der Waals surface area contributed by atoms with E-state index in [1.54, 1.807) is 37.3 Å². The first-order chi connectivity index (χ1) is 21.5. The summed E-state index contributed by atoms with van der Waals surface area (Å²) in [7, 11) is -4.00. The molecule has 1 amide bonds. The van der Waals surface area contributed by atoms with Gasteiger partial charge in [0.05, 0.1) is 17.5 Å². The number of aliphatic hydroxyl groups excluding tert-OH is 1. The Hall–Kier alpha value is -3.03. The van der Waals surface area contributed by atoms with Crippen LogP contribution in [0.1, 0.15) is 73.9 Å². The number of aliphatic hydroxyl groups is 2. The van der Waals surface area contributed by atoms with E-state index in [9.17, 15) is 23.4 Å². The van der Waals surface area contributed by atoms with Crippen molar-refractivity contribution in [2.24, 2.45) is 17.8 Å². The van der Waals surface area contributed by atoms with E-state index in [-0.39, 0.29) is 36.3 Å². The molecular formula is C35H43ClN2O6S. The Kier molecular flexibility index (Phi) is 10.5. The number of aryl methyl sites for hydroxylation is 1. The SMILES string of the molecule is C[C@@H]1[C@@H](C)C/C=C/[C@@](O)(C#CCCO)[C@@H]2CC[C@H]2CN2CCCCc3cc(Cl)ccc3COc3ccc(cc32)C(=O)NS1(=O)=O. The lowest BCUT2D eigenvalue weighted by atomic mass is 9.64. The van der Waals surface area contributed by atoms with E-state index in [0.29, 0.717) is 42.6 Å². The molecule has 0 spiro atoms. The van der Waals surface area contributed by atoms with Gasteiger partial charge in [0.2, 0.25) is 10.0 Å². The van der Waals surface area contributed by atoms with E-state index in [1.165, 1.54) is 0 Å². The number of ether oxygens (including phenoxy) is 1. The number of rotatable bonds is 1. The summed E-state index contributed by atoms with van der Waals surface area (Å²) in [6.45, 7) is 4.91. The van der Waals surface area contributed by atoms with Crippen molar-refractivity contribution in [2.75, 3.05) is 24.6 Å². The quantitative estimate of drug-likeness (QED) is 0.284. The monoisotopic (exact) mass is 654 g/mol. The Morgan fingerprint density at radius 1 is 1.13 bits per heavy atom. The van der Waals surface area contributed by atoms with Crippen LogP contribution in [0, 0.1) is 29.6 Å². The van der Waals surface area contributed by atoms with Gasteiger partial charge in [-0.2, -0.15) is 0 Å². The second kappa shape index (κ2) is 14.2. The molecule has 1 saturated carbocycles. The summed E-state index contributed by atoms with van der Waals surface area (Å²) in [5, 5.41) is 21.1. The van der Waals surface area contributed by atoms with Crippen LogP contribution in [0.3, 0.4) is 0 Å². The van der Waals surface area contributed by atoms with E-state index in [4.69, 9.17) is 16.3 Å². The molecule has 2 aliphatic heterocycles. The molecule has 0 radical (unpaired) electrons. The largest absolute Gasteiger partial charge is 0.487 e. The molecule has 2 aromatic rings. The van der Waals surface area contributed by atoms with Gasteiger partial charge in [-0.05, 0) is 105 Å². The highest BCUT2D eigenvalue weighted by molar-refractivity contribution is 7.90. The molecule has 2 bridgehead atoms. The smallest absolute Gasteiger partial charge is 0.264 e. The lowest BCUT2D eigenvalue weighted by Crippen LogP contribution is -2.49. The van der Waals surface area contributed by atoms with Crippen molar-refractivity contribution in [3.05, 3.63) is 70.3 Å². The van der Waals surface area contributed by atoms with Crippen molar-refractivity contribution in [1.82, 2.24) is 4.72 Å². The van der Waals surface area contributed by atoms with E-state index in [0.717, 1.165) is 43.2 Å². The Morgan fingerprint density at radius 3 is 2.71 bits per heavy atom.